The number of benzene rings is 1. The van der Waals surface area contributed by atoms with Gasteiger partial charge in [-0.15, -0.1) is 0 Å². The van der Waals surface area contributed by atoms with Crippen LogP contribution in [0.25, 0.3) is 18.0 Å². The molecule has 1 saturated carbocycles. The van der Waals surface area contributed by atoms with Gasteiger partial charge in [0.15, 0.2) is 6.29 Å². The summed E-state index contributed by atoms with van der Waals surface area (Å²) >= 11 is 0. The molecule has 1 aromatic heterocycles. The van der Waals surface area contributed by atoms with E-state index in [2.05, 4.69) is 34.1 Å². The Kier molecular flexibility index (Phi) is 4.16. The van der Waals surface area contributed by atoms with Crippen molar-refractivity contribution in [1.29, 1.82) is 0 Å². The maximum atomic E-state index is 13.6. The highest BCUT2D eigenvalue weighted by Gasteiger charge is 2.43. The largest absolute Gasteiger partial charge is 0.386 e. The third-order valence-electron chi connectivity index (χ3n) is 6.85. The minimum absolute atomic E-state index is 0.378. The predicted octanol–water partition coefficient (Wildman–Crippen LogP) is 2.14. The Morgan fingerprint density at radius 1 is 1.25 bits per heavy atom. The van der Waals surface area contributed by atoms with Gasteiger partial charge >= 0.3 is 0 Å². The number of rotatable bonds is 3. The number of hydrogen-bond donors (Lipinski definition) is 1. The lowest BCUT2D eigenvalue weighted by Crippen LogP contribution is -2.55. The lowest BCUT2D eigenvalue weighted by molar-refractivity contribution is -0.0138. The highest BCUT2D eigenvalue weighted by Crippen LogP contribution is 2.47. The van der Waals surface area contributed by atoms with E-state index < -0.39 is 0 Å². The average Bonchev–Trinajstić information content (AvgIpc) is 3.07. The lowest BCUT2D eigenvalue weighted by atomic mass is 9.65. The first-order valence-corrected chi connectivity index (χ1v) is 10.2. The number of nitrogens with zero attached hydrogens (tertiary/aromatic N) is 2. The third-order valence-corrected chi connectivity index (χ3v) is 6.85. The van der Waals surface area contributed by atoms with E-state index in [1.54, 1.807) is 6.07 Å². The van der Waals surface area contributed by atoms with Crippen LogP contribution in [0.2, 0.25) is 0 Å². The number of halogens is 1. The molecule has 2 fully saturated rings. The van der Waals surface area contributed by atoms with Crippen molar-refractivity contribution in [2.75, 3.05) is 26.7 Å². The second-order valence-corrected chi connectivity index (χ2v) is 8.78. The summed E-state index contributed by atoms with van der Waals surface area (Å²) in [7, 11) is 2.21. The molecule has 2 aliphatic heterocycles. The van der Waals surface area contributed by atoms with E-state index in [0.717, 1.165) is 23.9 Å². The fourth-order valence-electron chi connectivity index (χ4n) is 5.56. The van der Waals surface area contributed by atoms with E-state index in [1.165, 1.54) is 61.7 Å². The van der Waals surface area contributed by atoms with Crippen molar-refractivity contribution in [2.24, 2.45) is 5.41 Å². The van der Waals surface area contributed by atoms with Gasteiger partial charge in [0.2, 0.25) is 0 Å². The van der Waals surface area contributed by atoms with Gasteiger partial charge in [-0.1, -0.05) is 6.08 Å². The SMILES string of the molecule is CN1CC2(CCC(c3cn(-c4ccc(F)cc4C=O)c4c3=CCNC=4)CC2)C1. The van der Waals surface area contributed by atoms with Gasteiger partial charge in [0.1, 0.15) is 5.82 Å². The monoisotopic (exact) mass is 379 g/mol. The molecule has 1 N–H and O–H groups in total. The van der Waals surface area contributed by atoms with Crippen molar-refractivity contribution < 1.29 is 9.18 Å². The molecule has 0 bridgehead atoms. The molecule has 0 atom stereocenters. The summed E-state index contributed by atoms with van der Waals surface area (Å²) in [5.74, 6) is 0.165. The van der Waals surface area contributed by atoms with Gasteiger partial charge in [-0.05, 0) is 67.8 Å². The molecule has 0 unspecified atom stereocenters. The lowest BCUT2D eigenvalue weighted by Gasteiger charge is -2.52. The Bertz CT molecular complexity index is 1040. The highest BCUT2D eigenvalue weighted by atomic mass is 19.1. The van der Waals surface area contributed by atoms with Crippen LogP contribution in [0.1, 0.15) is 47.5 Å². The van der Waals surface area contributed by atoms with Crippen LogP contribution in [-0.4, -0.2) is 42.4 Å². The van der Waals surface area contributed by atoms with Gasteiger partial charge in [-0.2, -0.15) is 0 Å². The minimum Gasteiger partial charge on any atom is -0.386 e. The second kappa shape index (κ2) is 6.59. The van der Waals surface area contributed by atoms with E-state index in [1.807, 2.05) is 6.20 Å². The zero-order valence-corrected chi connectivity index (χ0v) is 16.2. The predicted molar refractivity (Wildman–Crippen MR) is 108 cm³/mol. The molecule has 0 amide bonds. The van der Waals surface area contributed by atoms with Crippen LogP contribution in [0.3, 0.4) is 0 Å². The fraction of sp³-hybridized carbons (Fsp3) is 0.435. The Hall–Kier alpha value is -2.40. The van der Waals surface area contributed by atoms with Crippen molar-refractivity contribution in [3.05, 3.63) is 51.9 Å². The van der Waals surface area contributed by atoms with E-state index in [4.69, 9.17) is 0 Å². The summed E-state index contributed by atoms with van der Waals surface area (Å²) in [6.07, 6.45) is 12.2. The normalized spacial score (nSPS) is 21.2. The van der Waals surface area contributed by atoms with Crippen LogP contribution in [0.5, 0.6) is 0 Å². The van der Waals surface area contributed by atoms with E-state index in [-0.39, 0.29) is 5.82 Å². The maximum absolute atomic E-state index is 13.6. The van der Waals surface area contributed by atoms with Crippen LogP contribution in [0.15, 0.2) is 24.4 Å². The van der Waals surface area contributed by atoms with Crippen molar-refractivity contribution in [2.45, 2.75) is 31.6 Å². The molecule has 1 aromatic carbocycles. The molecular formula is C23H26FN3O. The first kappa shape index (κ1) is 17.7. The molecule has 146 valence electrons. The minimum atomic E-state index is -0.385. The van der Waals surface area contributed by atoms with Gasteiger partial charge in [0, 0.05) is 42.8 Å². The molecule has 4 nitrogen and oxygen atoms in total. The number of aldehydes is 1. The average molecular weight is 379 g/mol. The highest BCUT2D eigenvalue weighted by molar-refractivity contribution is 5.81. The number of carbonyl (C=O) groups is 1. The van der Waals surface area contributed by atoms with Crippen molar-refractivity contribution in [3.63, 3.8) is 0 Å². The number of likely N-dealkylation sites (tertiary alicyclic amines) is 1. The molecule has 5 rings (SSSR count). The van der Waals surface area contributed by atoms with Gasteiger partial charge in [-0.25, -0.2) is 4.39 Å². The molecule has 28 heavy (non-hydrogen) atoms. The van der Waals surface area contributed by atoms with Crippen LogP contribution < -0.4 is 15.9 Å². The van der Waals surface area contributed by atoms with Crippen LogP contribution in [0.4, 0.5) is 4.39 Å². The van der Waals surface area contributed by atoms with Crippen molar-refractivity contribution in [3.8, 4) is 5.69 Å². The van der Waals surface area contributed by atoms with Gasteiger partial charge < -0.3 is 14.8 Å². The number of aromatic nitrogens is 1. The van der Waals surface area contributed by atoms with Gasteiger partial charge in [0.25, 0.3) is 0 Å². The number of carbonyl (C=O) groups excluding carboxylic acids is 1. The van der Waals surface area contributed by atoms with Gasteiger partial charge in [-0.3, -0.25) is 4.79 Å². The number of hydrogen-bond acceptors (Lipinski definition) is 3. The zero-order chi connectivity index (χ0) is 19.3. The molecule has 5 heteroatoms. The van der Waals surface area contributed by atoms with Crippen LogP contribution >= 0.6 is 0 Å². The summed E-state index contributed by atoms with van der Waals surface area (Å²) in [6.45, 7) is 3.29. The Labute approximate surface area is 164 Å². The molecule has 1 aliphatic carbocycles. The fourth-order valence-corrected chi connectivity index (χ4v) is 5.56. The van der Waals surface area contributed by atoms with Crippen molar-refractivity contribution in [1.82, 2.24) is 14.8 Å². The van der Waals surface area contributed by atoms with Crippen LogP contribution in [-0.2, 0) is 0 Å². The Morgan fingerprint density at radius 3 is 2.75 bits per heavy atom. The molecular weight excluding hydrogens is 353 g/mol. The molecule has 1 saturated heterocycles. The van der Waals surface area contributed by atoms with E-state index in [0.29, 0.717) is 16.9 Å². The van der Waals surface area contributed by atoms with Gasteiger partial charge in [0.05, 0.1) is 11.0 Å². The van der Waals surface area contributed by atoms with Crippen LogP contribution in [0, 0.1) is 11.2 Å². The number of nitrogens with one attached hydrogen (secondary N) is 1. The standard InChI is InChI=1S/C23H26FN3O/c1-26-14-23(15-26)7-4-16(5-8-23)20-12-27(22-11-25-9-6-19(20)22)21-3-2-18(24)10-17(21)13-28/h2-3,6,10-13,16,25H,4-5,7-9,14-15H2,1H3. The topological polar surface area (TPSA) is 37.3 Å². The molecule has 2 aromatic rings. The maximum Gasteiger partial charge on any atom is 0.152 e. The smallest absolute Gasteiger partial charge is 0.152 e. The molecule has 0 radical (unpaired) electrons. The van der Waals surface area contributed by atoms with E-state index in [9.17, 15) is 9.18 Å². The van der Waals surface area contributed by atoms with E-state index >= 15 is 0 Å². The summed E-state index contributed by atoms with van der Waals surface area (Å²) in [6, 6.07) is 4.43. The first-order valence-electron chi connectivity index (χ1n) is 10.2. The zero-order valence-electron chi connectivity index (χ0n) is 16.2. The first-order chi connectivity index (χ1) is 13.6. The number of fused-ring (bicyclic) bond motifs is 1. The summed E-state index contributed by atoms with van der Waals surface area (Å²) in [4.78, 5) is 14.0. The summed E-state index contributed by atoms with van der Waals surface area (Å²) in [5, 5.41) is 5.61. The third kappa shape index (κ3) is 2.80. The Morgan fingerprint density at radius 2 is 2.04 bits per heavy atom. The molecule has 3 heterocycles. The quantitative estimate of drug-likeness (QED) is 0.831. The molecule has 1 spiro atoms. The van der Waals surface area contributed by atoms with Crippen molar-refractivity contribution >= 4 is 18.6 Å². The molecule has 3 aliphatic rings. The summed E-state index contributed by atoms with van der Waals surface area (Å²) in [5.41, 5.74) is 3.03. The second-order valence-electron chi connectivity index (χ2n) is 8.78. The summed E-state index contributed by atoms with van der Waals surface area (Å²) < 4.78 is 15.7. The Balaban J connectivity index is 1.54.